The van der Waals surface area contributed by atoms with Gasteiger partial charge in [0, 0.05) is 0 Å². The fourth-order valence-electron chi connectivity index (χ4n) is 4.32. The summed E-state index contributed by atoms with van der Waals surface area (Å²) in [6, 6.07) is 18.4. The molecule has 2 aliphatic carbocycles. The number of unbranched alkanes of at least 4 members (excludes halogenated alkanes) is 1. The van der Waals surface area contributed by atoms with Gasteiger partial charge in [0.15, 0.2) is 0 Å². The maximum Gasteiger partial charge on any atom is -1.00 e. The average Bonchev–Trinajstić information content (AvgIpc) is 3.17. The Morgan fingerprint density at radius 2 is 1.31 bits per heavy atom. The Morgan fingerprint density at radius 1 is 0.808 bits per heavy atom. The third-order valence-corrected chi connectivity index (χ3v) is 14.2. The van der Waals surface area contributed by atoms with Crippen LogP contribution in [0.15, 0.2) is 59.2 Å². The van der Waals surface area contributed by atoms with Crippen molar-refractivity contribution in [2.45, 2.75) is 27.0 Å². The van der Waals surface area contributed by atoms with Gasteiger partial charge in [-0.25, -0.2) is 0 Å². The molecular formula is C22H21Cl2PZr. The molecule has 2 aromatic carbocycles. The molecule has 26 heavy (non-hydrogen) atoms. The zero-order valence-corrected chi connectivity index (χ0v) is 19.6. The fourth-order valence-corrected chi connectivity index (χ4v) is 14.7. The Kier molecular flexibility index (Phi) is 6.67. The van der Waals surface area contributed by atoms with E-state index in [2.05, 4.69) is 67.6 Å². The Bertz CT molecular complexity index is 806. The topological polar surface area (TPSA) is 0 Å². The van der Waals surface area contributed by atoms with Gasteiger partial charge in [0.2, 0.25) is 0 Å². The summed E-state index contributed by atoms with van der Waals surface area (Å²) in [5.41, 5.74) is 6.37. The molecule has 3 aliphatic rings. The first kappa shape index (κ1) is 20.5. The van der Waals surface area contributed by atoms with Crippen LogP contribution in [0.25, 0.3) is 12.2 Å². The Morgan fingerprint density at radius 3 is 1.81 bits per heavy atom. The van der Waals surface area contributed by atoms with Gasteiger partial charge in [0.05, 0.1) is 0 Å². The predicted molar refractivity (Wildman–Crippen MR) is 101 cm³/mol. The molecule has 0 bridgehead atoms. The average molecular weight is 479 g/mol. The van der Waals surface area contributed by atoms with E-state index in [0.717, 1.165) is 7.25 Å². The number of benzene rings is 2. The molecule has 0 aromatic heterocycles. The van der Waals surface area contributed by atoms with Gasteiger partial charge in [0.25, 0.3) is 0 Å². The first-order valence-corrected chi connectivity index (χ1v) is 13.4. The quantitative estimate of drug-likeness (QED) is 0.566. The van der Waals surface area contributed by atoms with E-state index in [1.54, 1.807) is 11.1 Å². The van der Waals surface area contributed by atoms with Crippen molar-refractivity contribution in [2.75, 3.05) is 6.16 Å². The van der Waals surface area contributed by atoms with Gasteiger partial charge in [-0.3, -0.25) is 0 Å². The van der Waals surface area contributed by atoms with Crippen molar-refractivity contribution >= 4 is 20.1 Å². The zero-order chi connectivity index (χ0) is 16.1. The first-order chi connectivity index (χ1) is 11.9. The summed E-state index contributed by atoms with van der Waals surface area (Å²) in [6.45, 7) is 2.33. The molecule has 1 heterocycles. The third-order valence-electron chi connectivity index (χ3n) is 5.50. The van der Waals surface area contributed by atoms with Crippen molar-refractivity contribution in [1.29, 1.82) is 0 Å². The Hall–Kier alpha value is -0.187. The van der Waals surface area contributed by atoms with Gasteiger partial charge in [-0.05, 0) is 0 Å². The van der Waals surface area contributed by atoms with E-state index in [1.165, 1.54) is 30.1 Å². The van der Waals surface area contributed by atoms with Crippen LogP contribution in [0, 0.1) is 0 Å². The van der Waals surface area contributed by atoms with Gasteiger partial charge in [-0.2, -0.15) is 0 Å². The molecule has 1 fully saturated rings. The smallest absolute Gasteiger partial charge is 1.00 e. The van der Waals surface area contributed by atoms with Crippen LogP contribution in [0.5, 0.6) is 0 Å². The summed E-state index contributed by atoms with van der Waals surface area (Å²) in [6.07, 6.45) is 9.26. The van der Waals surface area contributed by atoms with Gasteiger partial charge in [-0.1, -0.05) is 0 Å². The summed E-state index contributed by atoms with van der Waals surface area (Å²) in [5.74, 6) is 0. The third kappa shape index (κ3) is 3.24. The second kappa shape index (κ2) is 8.45. The van der Waals surface area contributed by atoms with Crippen molar-refractivity contribution in [2.24, 2.45) is 0 Å². The maximum atomic E-state index is 2.59. The van der Waals surface area contributed by atoms with Gasteiger partial charge in [-0.15, -0.1) is 0 Å². The predicted octanol–water partition coefficient (Wildman–Crippen LogP) is 0.564. The summed E-state index contributed by atoms with van der Waals surface area (Å²) in [4.78, 5) is 0. The van der Waals surface area contributed by atoms with Crippen molar-refractivity contribution in [3.05, 3.63) is 81.4 Å². The van der Waals surface area contributed by atoms with Crippen LogP contribution in [-0.2, 0) is 23.2 Å². The van der Waals surface area contributed by atoms with E-state index in [1.807, 2.05) is 10.6 Å². The minimum Gasteiger partial charge on any atom is -1.00 e. The number of allylic oxidation sites excluding steroid dienone is 2. The number of rotatable bonds is 3. The summed E-state index contributed by atoms with van der Waals surface area (Å²) in [5, 5.41) is 3.67. The van der Waals surface area contributed by atoms with E-state index < -0.39 is 23.2 Å². The molecule has 0 spiro atoms. The van der Waals surface area contributed by atoms with E-state index in [0.29, 0.717) is 0 Å². The van der Waals surface area contributed by atoms with Crippen LogP contribution in [0.3, 0.4) is 0 Å². The summed E-state index contributed by atoms with van der Waals surface area (Å²) in [7, 11) is -0.0864. The SMILES string of the molecule is CCCCP1C2=Cc3ccccc3[CH]2[Zr+2][CH]2C1=Cc1ccccc12.[Cl-].[Cl-]. The molecular weight excluding hydrogens is 457 g/mol. The summed E-state index contributed by atoms with van der Waals surface area (Å²) >= 11 is -0.562. The number of hydrogen-bond donors (Lipinski definition) is 0. The minimum atomic E-state index is -0.562. The summed E-state index contributed by atoms with van der Waals surface area (Å²) < 4.78 is 1.67. The zero-order valence-electron chi connectivity index (χ0n) is 14.8. The maximum absolute atomic E-state index is 2.59. The van der Waals surface area contributed by atoms with Crippen molar-refractivity contribution in [1.82, 2.24) is 0 Å². The molecule has 1 saturated heterocycles. The second-order valence-corrected chi connectivity index (χ2v) is 12.9. The monoisotopic (exact) mass is 476 g/mol. The Labute approximate surface area is 181 Å². The van der Waals surface area contributed by atoms with Gasteiger partial charge in [0.1, 0.15) is 0 Å². The number of halogens is 2. The van der Waals surface area contributed by atoms with Crippen molar-refractivity contribution < 1.29 is 48.0 Å². The molecule has 2 atom stereocenters. The van der Waals surface area contributed by atoms with E-state index in [9.17, 15) is 0 Å². The van der Waals surface area contributed by atoms with Crippen LogP contribution in [0.1, 0.15) is 49.3 Å². The van der Waals surface area contributed by atoms with Crippen LogP contribution < -0.4 is 24.8 Å². The molecule has 0 radical (unpaired) electrons. The standard InChI is InChI=1S/C22H21P.2ClH.Zr/c1-2-3-12-23(21-13-17-8-4-5-9-18(17)14-21)22-15-19-10-6-7-11-20(19)16-22;;;/h4-11,13-16H,2-3,12H2,1H3;2*1H;/q;;;+2/p-2. The van der Waals surface area contributed by atoms with Gasteiger partial charge >= 0.3 is 158 Å². The van der Waals surface area contributed by atoms with E-state index in [-0.39, 0.29) is 32.7 Å². The normalized spacial score (nSPS) is 23.5. The molecule has 1 aliphatic heterocycles. The molecule has 5 rings (SSSR count). The molecule has 2 aromatic rings. The first-order valence-electron chi connectivity index (χ1n) is 9.01. The van der Waals surface area contributed by atoms with Crippen LogP contribution in [-0.4, -0.2) is 6.16 Å². The minimum absolute atomic E-state index is 0. The van der Waals surface area contributed by atoms with Crippen molar-refractivity contribution in [3.8, 4) is 0 Å². The van der Waals surface area contributed by atoms with E-state index in [4.69, 9.17) is 0 Å². The molecule has 132 valence electrons. The largest absolute Gasteiger partial charge is 1.00 e. The number of hydrogen-bond acceptors (Lipinski definition) is 0. The van der Waals surface area contributed by atoms with Crippen LogP contribution in [0.2, 0.25) is 0 Å². The molecule has 0 amide bonds. The molecule has 2 unspecified atom stereocenters. The fraction of sp³-hybridized carbons (Fsp3) is 0.273. The second-order valence-electron chi connectivity index (χ2n) is 6.93. The van der Waals surface area contributed by atoms with Crippen LogP contribution >= 0.6 is 7.92 Å². The number of fused-ring (bicyclic) bond motifs is 6. The van der Waals surface area contributed by atoms with Crippen molar-refractivity contribution in [3.63, 3.8) is 0 Å². The van der Waals surface area contributed by atoms with E-state index >= 15 is 0 Å². The molecule has 4 heteroatoms. The van der Waals surface area contributed by atoms with Gasteiger partial charge < -0.3 is 24.8 Å². The Balaban J connectivity index is 0.000000980. The molecule has 0 saturated carbocycles. The molecule has 0 N–H and O–H groups in total. The van der Waals surface area contributed by atoms with Crippen LogP contribution in [0.4, 0.5) is 0 Å². The molecule has 0 nitrogen and oxygen atoms in total.